The van der Waals surface area contributed by atoms with Gasteiger partial charge in [-0.05, 0) is 89.9 Å². The Labute approximate surface area is 398 Å². The third-order valence-corrected chi connectivity index (χ3v) is 11.0. The molecule has 0 spiro atoms. The minimum atomic E-state index is -5.23. The Morgan fingerprint density at radius 3 is 1.37 bits per heavy atom. The lowest BCUT2D eigenvalue weighted by Crippen LogP contribution is -2.64. The van der Waals surface area contributed by atoms with Crippen LogP contribution in [-0.2, 0) is 32.7 Å². The molecular weight excluding hydrogens is 884 g/mol. The van der Waals surface area contributed by atoms with E-state index in [-0.39, 0.29) is 32.1 Å². The Morgan fingerprint density at radius 2 is 0.925 bits per heavy atom. The van der Waals surface area contributed by atoms with Crippen LogP contribution in [0.2, 0.25) is 0 Å². The number of phosphoric acid groups is 1. The first kappa shape index (κ1) is 61.2. The van der Waals surface area contributed by atoms with Gasteiger partial charge in [-0.25, -0.2) is 4.57 Å². The van der Waals surface area contributed by atoms with Crippen molar-refractivity contribution < 1.29 is 73.3 Å². The fraction of sp³-hybridized carbons (Fsp3) is 0.569. The predicted octanol–water partition coefficient (Wildman–Crippen LogP) is 7.33. The number of allylic oxidation sites excluding steroid dienone is 19. The van der Waals surface area contributed by atoms with E-state index in [1.54, 1.807) is 6.08 Å². The molecule has 0 saturated heterocycles. The molecule has 1 saturated carbocycles. The van der Waals surface area contributed by atoms with E-state index in [0.717, 1.165) is 51.4 Å². The highest BCUT2D eigenvalue weighted by molar-refractivity contribution is 7.47. The molecule has 1 aliphatic carbocycles. The summed E-state index contributed by atoms with van der Waals surface area (Å²) in [6, 6.07) is 0. The van der Waals surface area contributed by atoms with Gasteiger partial charge in [-0.15, -0.1) is 0 Å². The van der Waals surface area contributed by atoms with Gasteiger partial charge >= 0.3 is 19.8 Å². The van der Waals surface area contributed by atoms with Gasteiger partial charge in [-0.3, -0.25) is 18.6 Å². The second-order valence-corrected chi connectivity index (χ2v) is 17.2. The monoisotopic (exact) mass is 963 g/mol. The molecule has 15 nitrogen and oxygen atoms in total. The fourth-order valence-electron chi connectivity index (χ4n) is 6.16. The Balaban J connectivity index is 2.63. The molecule has 10 atom stereocenters. The highest BCUT2D eigenvalue weighted by Gasteiger charge is 2.51. The maximum Gasteiger partial charge on any atom is 0.472 e. The van der Waals surface area contributed by atoms with E-state index in [2.05, 4.69) is 86.8 Å². The number of phosphoric ester groups is 1. The third kappa shape index (κ3) is 31.0. The highest BCUT2D eigenvalue weighted by atomic mass is 31.2. The van der Waals surface area contributed by atoms with Crippen LogP contribution in [0.1, 0.15) is 117 Å². The summed E-state index contributed by atoms with van der Waals surface area (Å²) in [7, 11) is -5.23. The van der Waals surface area contributed by atoms with Crippen LogP contribution in [0.3, 0.4) is 0 Å². The van der Waals surface area contributed by atoms with Crippen molar-refractivity contribution in [3.05, 3.63) is 122 Å². The summed E-state index contributed by atoms with van der Waals surface area (Å²) in [5.41, 5.74) is 0. The molecule has 0 aromatic heterocycles. The van der Waals surface area contributed by atoms with E-state index in [9.17, 15) is 54.8 Å². The Morgan fingerprint density at radius 1 is 0.522 bits per heavy atom. The molecule has 16 heteroatoms. The molecule has 3 unspecified atom stereocenters. The van der Waals surface area contributed by atoms with Crippen molar-refractivity contribution in [3.63, 3.8) is 0 Å². The molecule has 0 amide bonds. The molecule has 0 aliphatic heterocycles. The molecule has 0 heterocycles. The summed E-state index contributed by atoms with van der Waals surface area (Å²) in [5.74, 6) is -1.50. The fourth-order valence-corrected chi connectivity index (χ4v) is 7.14. The minimum absolute atomic E-state index is 0.0274. The van der Waals surface area contributed by atoms with Gasteiger partial charge in [0.15, 0.2) is 6.10 Å². The zero-order valence-electron chi connectivity index (χ0n) is 39.4. The molecule has 0 bridgehead atoms. The van der Waals surface area contributed by atoms with Gasteiger partial charge < -0.3 is 50.1 Å². The van der Waals surface area contributed by atoms with Gasteiger partial charge in [-0.1, -0.05) is 135 Å². The van der Waals surface area contributed by atoms with E-state index in [1.165, 1.54) is 0 Å². The molecule has 1 aliphatic rings. The second-order valence-electron chi connectivity index (χ2n) is 15.8. The lowest BCUT2D eigenvalue weighted by Gasteiger charge is -2.41. The van der Waals surface area contributed by atoms with Crippen LogP contribution in [0.25, 0.3) is 0 Å². The van der Waals surface area contributed by atoms with Crippen molar-refractivity contribution in [3.8, 4) is 0 Å². The molecule has 0 aromatic carbocycles. The number of ether oxygens (including phenoxy) is 2. The minimum Gasteiger partial charge on any atom is -0.462 e. The summed E-state index contributed by atoms with van der Waals surface area (Å²) < 4.78 is 33.3. The number of carbonyl (C=O) groups is 2. The van der Waals surface area contributed by atoms with Gasteiger partial charge in [0, 0.05) is 12.8 Å². The summed E-state index contributed by atoms with van der Waals surface area (Å²) >= 11 is 0. The van der Waals surface area contributed by atoms with Gasteiger partial charge in [0.2, 0.25) is 0 Å². The van der Waals surface area contributed by atoms with Gasteiger partial charge in [0.05, 0.1) is 18.8 Å². The second kappa shape index (κ2) is 39.1. The SMILES string of the molecule is CC/C=C\C/C=C\C/C=C\C/C=C\C/C=C\C/C=C\CCC(=O)OC[C@H](COP(=O)(O)OC1[C@H](O)[C@H](O)C(O)[C@H](O)[C@H]1O)OC(=O)CCC[C@@H](O)[C@H](O)C/C=C\C/C=C\C/C=C\C/C=C\CC. The molecule has 1 fully saturated rings. The van der Waals surface area contributed by atoms with E-state index in [1.807, 2.05) is 42.5 Å². The molecule has 0 radical (unpaired) electrons. The summed E-state index contributed by atoms with van der Waals surface area (Å²) in [4.78, 5) is 35.8. The lowest BCUT2D eigenvalue weighted by atomic mass is 9.85. The molecular formula is C51H79O15P. The van der Waals surface area contributed by atoms with Crippen LogP contribution in [0, 0.1) is 0 Å². The van der Waals surface area contributed by atoms with Crippen molar-refractivity contribution in [2.45, 2.75) is 172 Å². The zero-order chi connectivity index (χ0) is 49.5. The number of carbonyl (C=O) groups excluding carboxylic acids is 2. The number of hydrogen-bond acceptors (Lipinski definition) is 14. The number of hydrogen-bond donors (Lipinski definition) is 8. The van der Waals surface area contributed by atoms with Gasteiger partial charge in [-0.2, -0.15) is 0 Å². The van der Waals surface area contributed by atoms with Gasteiger partial charge in [0.25, 0.3) is 0 Å². The van der Waals surface area contributed by atoms with Crippen molar-refractivity contribution in [2.24, 2.45) is 0 Å². The van der Waals surface area contributed by atoms with Crippen LogP contribution in [0.5, 0.6) is 0 Å². The topological polar surface area (TPSA) is 250 Å². The first-order valence-electron chi connectivity index (χ1n) is 23.5. The maximum absolute atomic E-state index is 12.8. The molecule has 67 heavy (non-hydrogen) atoms. The van der Waals surface area contributed by atoms with E-state index >= 15 is 0 Å². The standard InChI is InChI=1S/C51H79O15P/c1-3-5-7-9-11-13-15-17-18-19-20-21-22-23-25-27-29-31-33-37-44(54)63-39-41(40-64-67(61,62)66-51-49(59)47(57)46(56)48(58)50(51)60)65-45(55)38-34-36-43(53)42(52)35-32-30-28-26-24-16-14-12-10-8-6-4-2/h5-8,11-14,17-18,20-21,23-26,29-32,41-43,46-53,56-60H,3-4,9-10,15-16,19,22,27-28,33-40H2,1-2H3,(H,61,62)/b7-5-,8-6-,13-11-,14-12-,18-17-,21-20-,25-23-,26-24-,31-29-,32-30-/t41-,42-,43-,46?,47-,48+,49-,50-,51?/m1/s1. The van der Waals surface area contributed by atoms with Crippen molar-refractivity contribution in [1.82, 2.24) is 0 Å². The molecule has 0 aromatic rings. The third-order valence-electron chi connectivity index (χ3n) is 10.0. The first-order valence-corrected chi connectivity index (χ1v) is 25.0. The number of aliphatic hydroxyl groups excluding tert-OH is 7. The zero-order valence-corrected chi connectivity index (χ0v) is 40.2. The molecule has 1 rings (SSSR count). The van der Waals surface area contributed by atoms with Crippen molar-refractivity contribution >= 4 is 19.8 Å². The molecule has 378 valence electrons. The first-order chi connectivity index (χ1) is 32.2. The van der Waals surface area contributed by atoms with Crippen LogP contribution in [0.15, 0.2) is 122 Å². The Kier molecular flexibility index (Phi) is 35.7. The summed E-state index contributed by atoms with van der Waals surface area (Å²) in [6.07, 6.45) is 34.1. The van der Waals surface area contributed by atoms with Crippen LogP contribution in [0.4, 0.5) is 0 Å². The number of rotatable bonds is 36. The Bertz CT molecular complexity index is 1660. The largest absolute Gasteiger partial charge is 0.472 e. The maximum atomic E-state index is 12.8. The van der Waals surface area contributed by atoms with Crippen LogP contribution < -0.4 is 0 Å². The van der Waals surface area contributed by atoms with E-state index in [4.69, 9.17) is 18.5 Å². The average molecular weight is 963 g/mol. The normalized spacial score (nSPS) is 23.2. The number of aliphatic hydroxyl groups is 7. The van der Waals surface area contributed by atoms with Crippen molar-refractivity contribution in [2.75, 3.05) is 13.2 Å². The quantitative estimate of drug-likeness (QED) is 0.0174. The smallest absolute Gasteiger partial charge is 0.462 e. The highest BCUT2D eigenvalue weighted by Crippen LogP contribution is 2.47. The summed E-state index contributed by atoms with van der Waals surface area (Å²) in [5, 5.41) is 71.0. The average Bonchev–Trinajstić information content (AvgIpc) is 3.30. The van der Waals surface area contributed by atoms with E-state index in [0.29, 0.717) is 19.3 Å². The predicted molar refractivity (Wildman–Crippen MR) is 260 cm³/mol. The van der Waals surface area contributed by atoms with Crippen LogP contribution >= 0.6 is 7.82 Å². The summed E-state index contributed by atoms with van der Waals surface area (Å²) in [6.45, 7) is 2.74. The van der Waals surface area contributed by atoms with Crippen LogP contribution in [-0.4, -0.2) is 121 Å². The van der Waals surface area contributed by atoms with Crippen molar-refractivity contribution in [1.29, 1.82) is 0 Å². The lowest BCUT2D eigenvalue weighted by molar-refractivity contribution is -0.220. The Hall–Kier alpha value is -3.83. The molecule has 8 N–H and O–H groups in total. The van der Waals surface area contributed by atoms with Gasteiger partial charge in [0.1, 0.15) is 43.2 Å². The number of esters is 2. The van der Waals surface area contributed by atoms with E-state index < -0.39 is 87.9 Å².